The normalized spacial score (nSPS) is 23.0. The van der Waals surface area contributed by atoms with Gasteiger partial charge < -0.3 is 15.0 Å². The summed E-state index contributed by atoms with van der Waals surface area (Å²) in [6, 6.07) is 8.53. The molecule has 0 saturated carbocycles. The highest BCUT2D eigenvalue weighted by Gasteiger charge is 2.26. The third-order valence-electron chi connectivity index (χ3n) is 5.66. The van der Waals surface area contributed by atoms with Crippen molar-refractivity contribution in [2.24, 2.45) is 5.92 Å². The maximum atomic E-state index is 12.9. The van der Waals surface area contributed by atoms with E-state index >= 15 is 0 Å². The number of carbonyl (C=O) groups is 2. The highest BCUT2D eigenvalue weighted by Crippen LogP contribution is 2.18. The summed E-state index contributed by atoms with van der Waals surface area (Å²) in [5.74, 6) is 0.285. The molecule has 0 bridgehead atoms. The number of hydrogen-bond acceptors (Lipinski definition) is 4. The van der Waals surface area contributed by atoms with Crippen LogP contribution in [-0.4, -0.2) is 67.6 Å². The minimum Gasteiger partial charge on any atom is -0.378 e. The van der Waals surface area contributed by atoms with Crippen LogP contribution in [0.1, 0.15) is 36.8 Å². The summed E-state index contributed by atoms with van der Waals surface area (Å²) in [7, 11) is 0. The maximum absolute atomic E-state index is 12.9. The standard InChI is InChI=1S/C22H33N3O3/c1-18-4-2-5-19(16-18)17-24-10-3-6-20(7-9-23-21(26)8-11-24)22(27)25-12-14-28-15-13-25/h2,4-5,16,20H,3,6-15,17H2,1H3,(H,23,26). The Balaban J connectivity index is 1.61. The van der Waals surface area contributed by atoms with Crippen LogP contribution in [0.2, 0.25) is 0 Å². The molecule has 2 fully saturated rings. The first kappa shape index (κ1) is 20.8. The van der Waals surface area contributed by atoms with Gasteiger partial charge in [-0.15, -0.1) is 0 Å². The molecule has 0 aromatic heterocycles. The minimum atomic E-state index is -0.0164. The molecule has 1 N–H and O–H groups in total. The van der Waals surface area contributed by atoms with Crippen molar-refractivity contribution < 1.29 is 14.3 Å². The SMILES string of the molecule is Cc1cccc(CN2CCCC(C(=O)N3CCOCC3)CCNC(=O)CC2)c1. The van der Waals surface area contributed by atoms with Gasteiger partial charge in [0.1, 0.15) is 0 Å². The highest BCUT2D eigenvalue weighted by atomic mass is 16.5. The van der Waals surface area contributed by atoms with E-state index in [1.807, 2.05) is 4.90 Å². The minimum absolute atomic E-state index is 0.0164. The summed E-state index contributed by atoms with van der Waals surface area (Å²) in [5, 5.41) is 3.00. The Bertz CT molecular complexity index is 658. The zero-order valence-corrected chi connectivity index (χ0v) is 17.0. The number of aryl methyl sites for hydroxylation is 1. The molecule has 154 valence electrons. The first-order chi connectivity index (χ1) is 13.6. The molecule has 1 aromatic rings. The molecule has 1 unspecified atom stereocenters. The van der Waals surface area contributed by atoms with Crippen molar-refractivity contribution in [2.75, 3.05) is 45.9 Å². The van der Waals surface area contributed by atoms with Crippen molar-refractivity contribution in [2.45, 2.75) is 39.2 Å². The molecule has 2 saturated heterocycles. The fourth-order valence-corrected chi connectivity index (χ4v) is 4.07. The smallest absolute Gasteiger partial charge is 0.225 e. The monoisotopic (exact) mass is 387 g/mol. The Morgan fingerprint density at radius 1 is 1.18 bits per heavy atom. The number of hydrogen-bond donors (Lipinski definition) is 1. The predicted molar refractivity (Wildman–Crippen MR) is 109 cm³/mol. The molecular formula is C22H33N3O3. The van der Waals surface area contributed by atoms with Crippen LogP contribution < -0.4 is 5.32 Å². The molecule has 6 nitrogen and oxygen atoms in total. The predicted octanol–water partition coefficient (Wildman–Crippen LogP) is 1.96. The van der Waals surface area contributed by atoms with E-state index in [2.05, 4.69) is 41.4 Å². The van der Waals surface area contributed by atoms with Crippen LogP contribution in [-0.2, 0) is 20.9 Å². The number of morpholine rings is 1. The Morgan fingerprint density at radius 2 is 2.00 bits per heavy atom. The summed E-state index contributed by atoms with van der Waals surface area (Å²) >= 11 is 0. The van der Waals surface area contributed by atoms with Crippen LogP contribution in [0.5, 0.6) is 0 Å². The lowest BCUT2D eigenvalue weighted by atomic mass is 9.97. The molecular weight excluding hydrogens is 354 g/mol. The maximum Gasteiger partial charge on any atom is 0.225 e. The molecule has 0 aliphatic carbocycles. The summed E-state index contributed by atoms with van der Waals surface area (Å²) < 4.78 is 5.37. The second-order valence-electron chi connectivity index (χ2n) is 7.93. The molecule has 1 aromatic carbocycles. The van der Waals surface area contributed by atoms with Crippen molar-refractivity contribution in [3.8, 4) is 0 Å². The average molecular weight is 388 g/mol. The summed E-state index contributed by atoms with van der Waals surface area (Å²) in [6.07, 6.45) is 3.07. The van der Waals surface area contributed by atoms with Gasteiger partial charge >= 0.3 is 0 Å². The molecule has 2 aliphatic heterocycles. The van der Waals surface area contributed by atoms with E-state index in [9.17, 15) is 9.59 Å². The van der Waals surface area contributed by atoms with E-state index < -0.39 is 0 Å². The number of ether oxygens (including phenoxy) is 1. The van der Waals surface area contributed by atoms with Crippen molar-refractivity contribution >= 4 is 11.8 Å². The van der Waals surface area contributed by atoms with Gasteiger partial charge in [0.05, 0.1) is 13.2 Å². The van der Waals surface area contributed by atoms with Gasteiger partial charge in [0, 0.05) is 45.1 Å². The molecule has 2 amide bonds. The average Bonchev–Trinajstić information content (AvgIpc) is 2.74. The van der Waals surface area contributed by atoms with Gasteiger partial charge in [-0.25, -0.2) is 0 Å². The lowest BCUT2D eigenvalue weighted by Gasteiger charge is -2.30. The van der Waals surface area contributed by atoms with E-state index in [1.54, 1.807) is 0 Å². The van der Waals surface area contributed by atoms with E-state index in [4.69, 9.17) is 4.74 Å². The number of benzene rings is 1. The van der Waals surface area contributed by atoms with E-state index in [-0.39, 0.29) is 17.7 Å². The van der Waals surface area contributed by atoms with Crippen LogP contribution in [0.3, 0.4) is 0 Å². The summed E-state index contributed by atoms with van der Waals surface area (Å²) in [6.45, 7) is 7.80. The molecule has 6 heteroatoms. The second kappa shape index (κ2) is 10.6. The zero-order chi connectivity index (χ0) is 19.8. The number of nitrogens with zero attached hydrogens (tertiary/aromatic N) is 2. The van der Waals surface area contributed by atoms with Crippen molar-refractivity contribution in [3.63, 3.8) is 0 Å². The summed E-state index contributed by atoms with van der Waals surface area (Å²) in [4.78, 5) is 29.4. The van der Waals surface area contributed by atoms with Gasteiger partial charge in [-0.05, 0) is 38.3 Å². The van der Waals surface area contributed by atoms with Gasteiger partial charge in [0.15, 0.2) is 0 Å². The fourth-order valence-electron chi connectivity index (χ4n) is 4.07. The van der Waals surface area contributed by atoms with E-state index in [0.29, 0.717) is 39.3 Å². The van der Waals surface area contributed by atoms with Crippen LogP contribution in [0.4, 0.5) is 0 Å². The molecule has 28 heavy (non-hydrogen) atoms. The third kappa shape index (κ3) is 6.31. The molecule has 0 spiro atoms. The topological polar surface area (TPSA) is 61.9 Å². The Kier molecular flexibility index (Phi) is 7.86. The Hall–Kier alpha value is -1.92. The lowest BCUT2D eigenvalue weighted by Crippen LogP contribution is -2.44. The lowest BCUT2D eigenvalue weighted by molar-refractivity contribution is -0.140. The molecule has 2 aliphatic rings. The second-order valence-corrected chi connectivity index (χ2v) is 7.93. The first-order valence-electron chi connectivity index (χ1n) is 10.5. The van der Waals surface area contributed by atoms with Gasteiger partial charge in [-0.2, -0.15) is 0 Å². The van der Waals surface area contributed by atoms with Crippen LogP contribution >= 0.6 is 0 Å². The van der Waals surface area contributed by atoms with E-state index in [1.165, 1.54) is 11.1 Å². The highest BCUT2D eigenvalue weighted by molar-refractivity contribution is 5.79. The molecule has 1 atom stereocenters. The van der Waals surface area contributed by atoms with Gasteiger partial charge in [0.2, 0.25) is 11.8 Å². The zero-order valence-electron chi connectivity index (χ0n) is 17.0. The number of nitrogens with one attached hydrogen (secondary N) is 1. The van der Waals surface area contributed by atoms with Crippen LogP contribution in [0, 0.1) is 12.8 Å². The van der Waals surface area contributed by atoms with Gasteiger partial charge in [0.25, 0.3) is 0 Å². The van der Waals surface area contributed by atoms with Crippen molar-refractivity contribution in [1.29, 1.82) is 0 Å². The number of amides is 2. The Morgan fingerprint density at radius 3 is 2.79 bits per heavy atom. The Labute approximate surface area is 168 Å². The summed E-state index contributed by atoms with van der Waals surface area (Å²) in [5.41, 5.74) is 2.53. The fraction of sp³-hybridized carbons (Fsp3) is 0.636. The first-order valence-corrected chi connectivity index (χ1v) is 10.5. The largest absolute Gasteiger partial charge is 0.378 e. The van der Waals surface area contributed by atoms with Crippen molar-refractivity contribution in [3.05, 3.63) is 35.4 Å². The van der Waals surface area contributed by atoms with Crippen molar-refractivity contribution in [1.82, 2.24) is 15.1 Å². The third-order valence-corrected chi connectivity index (χ3v) is 5.66. The quantitative estimate of drug-likeness (QED) is 0.861. The van der Waals surface area contributed by atoms with Gasteiger partial charge in [-0.3, -0.25) is 14.5 Å². The number of rotatable bonds is 3. The van der Waals surface area contributed by atoms with Crippen LogP contribution in [0.15, 0.2) is 24.3 Å². The molecule has 0 radical (unpaired) electrons. The molecule has 2 heterocycles. The number of carbonyl (C=O) groups excluding carboxylic acids is 2. The molecule has 3 rings (SSSR count). The van der Waals surface area contributed by atoms with Crippen LogP contribution in [0.25, 0.3) is 0 Å². The van der Waals surface area contributed by atoms with Gasteiger partial charge in [-0.1, -0.05) is 29.8 Å². The van der Waals surface area contributed by atoms with E-state index in [0.717, 1.165) is 38.9 Å².